The minimum Gasteiger partial charge on any atom is -0.497 e. The Kier molecular flexibility index (Phi) is 9.97. The number of halogens is 4. The fraction of sp³-hybridized carbons (Fsp3) is 0.424. The molecule has 0 radical (unpaired) electrons. The van der Waals surface area contributed by atoms with Crippen LogP contribution in [0.5, 0.6) is 17.2 Å². The Morgan fingerprint density at radius 3 is 2.51 bits per heavy atom. The van der Waals surface area contributed by atoms with Gasteiger partial charge in [-0.1, -0.05) is 0 Å². The number of nitrogens with zero attached hydrogens (tertiary/aromatic N) is 5. The Bertz CT molecular complexity index is 1850. The van der Waals surface area contributed by atoms with Crippen LogP contribution < -0.4 is 18.5 Å². The lowest BCUT2D eigenvalue weighted by molar-refractivity contribution is -0.0774. The highest BCUT2D eigenvalue weighted by molar-refractivity contribution is 7.92. The molecule has 1 unspecified atom stereocenters. The van der Waals surface area contributed by atoms with Crippen LogP contribution >= 0.6 is 0 Å². The van der Waals surface area contributed by atoms with Crippen LogP contribution in [0.1, 0.15) is 61.8 Å². The molecule has 0 spiro atoms. The van der Waals surface area contributed by atoms with Crippen LogP contribution in [0.2, 0.25) is 0 Å². The highest BCUT2D eigenvalue weighted by atomic mass is 32.2. The number of aromatic nitrogens is 4. The van der Waals surface area contributed by atoms with E-state index in [1.807, 2.05) is 0 Å². The minimum atomic E-state index is -4.98. The summed E-state index contributed by atoms with van der Waals surface area (Å²) >= 11 is 0. The number of methoxy groups -OCH3 is 2. The van der Waals surface area contributed by atoms with E-state index >= 15 is 8.78 Å². The van der Waals surface area contributed by atoms with Gasteiger partial charge in [0.25, 0.3) is 15.9 Å². The van der Waals surface area contributed by atoms with E-state index in [1.54, 1.807) is 29.2 Å². The van der Waals surface area contributed by atoms with Gasteiger partial charge in [0.05, 0.1) is 27.0 Å². The first-order chi connectivity index (χ1) is 23.5. The Morgan fingerprint density at radius 1 is 1.04 bits per heavy atom. The molecule has 2 aromatic carbocycles. The van der Waals surface area contributed by atoms with E-state index in [2.05, 4.69) is 15.1 Å². The molecule has 2 aliphatic rings. The van der Waals surface area contributed by atoms with Crippen molar-refractivity contribution in [1.29, 1.82) is 0 Å². The van der Waals surface area contributed by atoms with Gasteiger partial charge in [0.2, 0.25) is 0 Å². The van der Waals surface area contributed by atoms with Crippen molar-refractivity contribution >= 4 is 15.8 Å². The monoisotopic (exact) mass is 705 g/mol. The molecule has 0 bridgehead atoms. The molecule has 1 aliphatic carbocycles. The number of benzene rings is 2. The molecule has 49 heavy (non-hydrogen) atoms. The quantitative estimate of drug-likeness (QED) is 0.163. The summed E-state index contributed by atoms with van der Waals surface area (Å²) in [5.74, 6) is -6.50. The third-order valence-electron chi connectivity index (χ3n) is 8.71. The Hall–Kier alpha value is -4.44. The van der Waals surface area contributed by atoms with E-state index in [0.717, 1.165) is 25.6 Å². The van der Waals surface area contributed by atoms with Crippen molar-refractivity contribution in [1.82, 2.24) is 19.7 Å². The highest BCUT2D eigenvalue weighted by Gasteiger charge is 2.44. The summed E-state index contributed by atoms with van der Waals surface area (Å²) in [6, 6.07) is 7.30. The van der Waals surface area contributed by atoms with Crippen molar-refractivity contribution in [2.24, 2.45) is 0 Å². The number of hydrogen-bond donors (Lipinski definition) is 0. The van der Waals surface area contributed by atoms with Gasteiger partial charge in [-0.05, 0) is 43.4 Å². The summed E-state index contributed by atoms with van der Waals surface area (Å²) in [5, 5.41) is 4.38. The van der Waals surface area contributed by atoms with Gasteiger partial charge in [-0.2, -0.15) is 5.10 Å². The highest BCUT2D eigenvalue weighted by Crippen LogP contribution is 2.44. The number of hydrogen-bond acceptors (Lipinski definition) is 9. The standard InChI is InChI=1S/C33H35F4N5O6S/c1-45-23-7-6-21(28(15-23)46-2)19-42(30-9-11-38-20-39-30)49(43,44)32-26(34)13-24(14-27(32)35)48-29-16-33(36,37)10-8-25(29)22-17-40-41(18-22)31-5-3-4-12-47-31/h6-7,9,11,13-15,17-18,20,25,29,31H,3-5,8,10,12,16,19H2,1-2H3/t25-,29+,31?/m1/s1. The molecule has 0 N–H and O–H groups in total. The zero-order valence-corrected chi connectivity index (χ0v) is 27.6. The van der Waals surface area contributed by atoms with Crippen LogP contribution in [0.15, 0.2) is 66.2 Å². The van der Waals surface area contributed by atoms with E-state index in [4.69, 9.17) is 18.9 Å². The summed E-state index contributed by atoms with van der Waals surface area (Å²) in [6.07, 6.45) is 5.82. The lowest BCUT2D eigenvalue weighted by Crippen LogP contribution is -2.38. The zero-order valence-electron chi connectivity index (χ0n) is 26.8. The molecule has 4 aromatic rings. The summed E-state index contributed by atoms with van der Waals surface area (Å²) in [6.45, 7) is 0.165. The van der Waals surface area contributed by atoms with Crippen LogP contribution in [0.3, 0.4) is 0 Å². The van der Waals surface area contributed by atoms with Crippen molar-refractivity contribution < 1.29 is 44.9 Å². The van der Waals surface area contributed by atoms with E-state index in [0.29, 0.717) is 39.9 Å². The van der Waals surface area contributed by atoms with Crippen LogP contribution in [0.25, 0.3) is 0 Å². The fourth-order valence-corrected chi connectivity index (χ4v) is 7.72. The maximum absolute atomic E-state index is 15.8. The SMILES string of the molecule is COc1ccc(CN(c2ccncn2)S(=O)(=O)c2c(F)cc(O[C@H]3CC(F)(F)CC[C@@H]3c3cnn(C4CCCCO4)c3)cc2F)c(OC)c1. The van der Waals surface area contributed by atoms with Gasteiger partial charge < -0.3 is 18.9 Å². The lowest BCUT2D eigenvalue weighted by atomic mass is 9.81. The minimum absolute atomic E-state index is 0.0367. The number of rotatable bonds is 11. The third-order valence-corrected chi connectivity index (χ3v) is 10.5. The normalized spacial score (nSPS) is 20.8. The number of anilines is 1. The van der Waals surface area contributed by atoms with Crippen LogP contribution in [-0.4, -0.2) is 61.0 Å². The third kappa shape index (κ3) is 7.44. The maximum Gasteiger partial charge on any atom is 0.271 e. The molecule has 1 saturated heterocycles. The van der Waals surface area contributed by atoms with Gasteiger partial charge in [-0.3, -0.25) is 0 Å². The molecule has 2 fully saturated rings. The van der Waals surface area contributed by atoms with E-state index < -0.39 is 69.6 Å². The average Bonchev–Trinajstić information content (AvgIpc) is 3.57. The summed E-state index contributed by atoms with van der Waals surface area (Å²) in [4.78, 5) is 6.54. The summed E-state index contributed by atoms with van der Waals surface area (Å²) in [7, 11) is -2.15. The van der Waals surface area contributed by atoms with Crippen molar-refractivity contribution in [2.45, 2.75) is 74.1 Å². The lowest BCUT2D eigenvalue weighted by Gasteiger charge is -2.35. The topological polar surface area (TPSA) is 118 Å². The van der Waals surface area contributed by atoms with E-state index in [1.165, 1.54) is 32.5 Å². The molecule has 0 amide bonds. The van der Waals surface area contributed by atoms with Gasteiger partial charge in [-0.15, -0.1) is 0 Å². The van der Waals surface area contributed by atoms with Gasteiger partial charge in [-0.25, -0.2) is 44.9 Å². The zero-order chi connectivity index (χ0) is 34.8. The van der Waals surface area contributed by atoms with Crippen LogP contribution in [-0.2, 0) is 21.3 Å². The predicted molar refractivity (Wildman–Crippen MR) is 168 cm³/mol. The molecule has 2 aromatic heterocycles. The molecule has 6 rings (SSSR count). The average molecular weight is 706 g/mol. The van der Waals surface area contributed by atoms with E-state index in [9.17, 15) is 17.2 Å². The Balaban J connectivity index is 1.30. The predicted octanol–water partition coefficient (Wildman–Crippen LogP) is 6.41. The summed E-state index contributed by atoms with van der Waals surface area (Å²) < 4.78 is 114. The van der Waals surface area contributed by atoms with Crippen molar-refractivity contribution in [2.75, 3.05) is 25.1 Å². The van der Waals surface area contributed by atoms with Crippen molar-refractivity contribution in [3.8, 4) is 17.2 Å². The summed E-state index contributed by atoms with van der Waals surface area (Å²) in [5.41, 5.74) is 0.971. The van der Waals surface area contributed by atoms with Gasteiger partial charge in [0.15, 0.2) is 4.90 Å². The maximum atomic E-state index is 15.8. The largest absolute Gasteiger partial charge is 0.497 e. The first kappa shape index (κ1) is 34.4. The van der Waals surface area contributed by atoms with Gasteiger partial charge in [0, 0.05) is 67.6 Å². The molecule has 262 valence electrons. The molecular formula is C33H35F4N5O6S. The van der Waals surface area contributed by atoms with Crippen LogP contribution in [0, 0.1) is 11.6 Å². The van der Waals surface area contributed by atoms with Crippen molar-refractivity contribution in [3.63, 3.8) is 0 Å². The molecule has 11 nitrogen and oxygen atoms in total. The number of ether oxygens (including phenoxy) is 4. The van der Waals surface area contributed by atoms with E-state index in [-0.39, 0.29) is 24.2 Å². The Labute approximate surface area is 280 Å². The molecule has 3 heterocycles. The fourth-order valence-electron chi connectivity index (χ4n) is 6.22. The van der Waals surface area contributed by atoms with Gasteiger partial charge >= 0.3 is 0 Å². The van der Waals surface area contributed by atoms with Crippen LogP contribution in [0.4, 0.5) is 23.4 Å². The molecule has 1 saturated carbocycles. The van der Waals surface area contributed by atoms with Crippen molar-refractivity contribution in [3.05, 3.63) is 84.1 Å². The number of sulfonamides is 1. The second-order valence-corrected chi connectivity index (χ2v) is 13.7. The number of alkyl halides is 2. The molecular weight excluding hydrogens is 670 g/mol. The molecule has 1 aliphatic heterocycles. The first-order valence-corrected chi connectivity index (χ1v) is 17.1. The van der Waals surface area contributed by atoms with Gasteiger partial charge in [0.1, 0.15) is 53.4 Å². The molecule has 16 heteroatoms. The second kappa shape index (κ2) is 14.2. The Morgan fingerprint density at radius 2 is 1.84 bits per heavy atom. The smallest absolute Gasteiger partial charge is 0.271 e. The first-order valence-electron chi connectivity index (χ1n) is 15.7. The molecule has 3 atom stereocenters. The second-order valence-electron chi connectivity index (χ2n) is 11.9.